The number of halogens is 1. The van der Waals surface area contributed by atoms with Gasteiger partial charge in [-0.3, -0.25) is 9.59 Å². The van der Waals surface area contributed by atoms with Gasteiger partial charge in [0.1, 0.15) is 11.5 Å². The molecule has 0 aliphatic heterocycles. The lowest BCUT2D eigenvalue weighted by atomic mass is 10.0. The van der Waals surface area contributed by atoms with Gasteiger partial charge in [-0.1, -0.05) is 12.1 Å². The number of hydrogen-bond donors (Lipinski definition) is 1. The minimum Gasteiger partial charge on any atom is -0.507 e. The molecule has 4 nitrogen and oxygen atoms in total. The number of phenols is 1. The molecule has 0 aliphatic rings. The van der Waals surface area contributed by atoms with Gasteiger partial charge in [0.15, 0.2) is 12.9 Å². The van der Waals surface area contributed by atoms with E-state index in [-0.39, 0.29) is 17.9 Å². The van der Waals surface area contributed by atoms with Crippen LogP contribution in [0.2, 0.25) is 0 Å². The Labute approximate surface area is 108 Å². The van der Waals surface area contributed by atoms with Gasteiger partial charge in [0.2, 0.25) is 0 Å². The molecule has 0 amide bonds. The van der Waals surface area contributed by atoms with Crippen LogP contribution in [0.3, 0.4) is 0 Å². The molecule has 92 valence electrons. The number of fused-ring (bicyclic) bond motifs is 1. The summed E-state index contributed by atoms with van der Waals surface area (Å²) in [4.78, 5) is 21.5. The second kappa shape index (κ2) is 5.06. The highest BCUT2D eigenvalue weighted by molar-refractivity contribution is 6.63. The van der Waals surface area contributed by atoms with Crippen LogP contribution in [0.15, 0.2) is 30.3 Å². The van der Waals surface area contributed by atoms with Crippen molar-refractivity contribution in [1.29, 1.82) is 0 Å². The molecule has 0 aliphatic carbocycles. The second-order valence-corrected chi connectivity index (χ2v) is 4.06. The number of carbonyl (C=O) groups excluding carboxylic acids is 2. The number of aromatic hydroxyl groups is 1. The van der Waals surface area contributed by atoms with Gasteiger partial charge in [-0.05, 0) is 40.6 Å². The van der Waals surface area contributed by atoms with Crippen LogP contribution in [0, 0.1) is 0 Å². The second-order valence-electron chi connectivity index (χ2n) is 3.64. The van der Waals surface area contributed by atoms with Crippen LogP contribution >= 0.6 is 11.6 Å². The van der Waals surface area contributed by atoms with Gasteiger partial charge in [-0.2, -0.15) is 0 Å². The first-order chi connectivity index (χ1) is 8.61. The quantitative estimate of drug-likeness (QED) is 0.681. The van der Waals surface area contributed by atoms with E-state index >= 15 is 0 Å². The van der Waals surface area contributed by atoms with Crippen LogP contribution < -0.4 is 4.74 Å². The fraction of sp³-hybridized carbons (Fsp3) is 0.0769. The molecule has 18 heavy (non-hydrogen) atoms. The van der Waals surface area contributed by atoms with Crippen molar-refractivity contribution >= 4 is 33.9 Å². The lowest BCUT2D eigenvalue weighted by Gasteiger charge is -2.07. The van der Waals surface area contributed by atoms with Crippen molar-refractivity contribution in [2.24, 2.45) is 0 Å². The molecule has 0 saturated carbocycles. The lowest BCUT2D eigenvalue weighted by molar-refractivity contribution is -0.113. The van der Waals surface area contributed by atoms with Crippen molar-refractivity contribution < 1.29 is 19.4 Å². The SMILES string of the molecule is O=Cc1c(O)ccc2ccc(OCC(=O)Cl)cc12. The fourth-order valence-electron chi connectivity index (χ4n) is 1.66. The van der Waals surface area contributed by atoms with Crippen LogP contribution in [0.4, 0.5) is 0 Å². The van der Waals surface area contributed by atoms with E-state index < -0.39 is 5.24 Å². The minimum atomic E-state index is -0.610. The smallest absolute Gasteiger partial charge is 0.259 e. The van der Waals surface area contributed by atoms with Gasteiger partial charge in [0, 0.05) is 0 Å². The summed E-state index contributed by atoms with van der Waals surface area (Å²) in [5.41, 5.74) is 0.190. The molecule has 1 N–H and O–H groups in total. The molecule has 0 fully saturated rings. The number of ether oxygens (including phenoxy) is 1. The molecule has 2 aromatic carbocycles. The average Bonchev–Trinajstić information content (AvgIpc) is 2.36. The Morgan fingerprint density at radius 3 is 2.72 bits per heavy atom. The van der Waals surface area contributed by atoms with E-state index in [0.29, 0.717) is 17.4 Å². The van der Waals surface area contributed by atoms with E-state index in [1.54, 1.807) is 24.3 Å². The topological polar surface area (TPSA) is 63.6 Å². The van der Waals surface area contributed by atoms with Crippen molar-refractivity contribution in [3.05, 3.63) is 35.9 Å². The Balaban J connectivity index is 2.48. The van der Waals surface area contributed by atoms with Crippen molar-refractivity contribution in [3.63, 3.8) is 0 Å². The molecule has 0 radical (unpaired) electrons. The van der Waals surface area contributed by atoms with Gasteiger partial charge in [0.25, 0.3) is 5.24 Å². The third kappa shape index (κ3) is 2.43. The van der Waals surface area contributed by atoms with Crippen molar-refractivity contribution in [1.82, 2.24) is 0 Å². The molecule has 2 aromatic rings. The molecule has 0 saturated heterocycles. The number of carbonyl (C=O) groups is 2. The normalized spacial score (nSPS) is 10.3. The van der Waals surface area contributed by atoms with Crippen LogP contribution in [0.1, 0.15) is 10.4 Å². The number of aldehydes is 1. The number of hydrogen-bond acceptors (Lipinski definition) is 4. The fourth-order valence-corrected chi connectivity index (χ4v) is 1.72. The molecule has 0 bridgehead atoms. The van der Waals surface area contributed by atoms with Crippen LogP contribution in [-0.4, -0.2) is 23.2 Å². The van der Waals surface area contributed by atoms with Gasteiger partial charge in [0.05, 0.1) is 5.56 Å². The average molecular weight is 265 g/mol. The number of rotatable bonds is 4. The zero-order valence-corrected chi connectivity index (χ0v) is 9.98. The maximum absolute atomic E-state index is 10.9. The maximum atomic E-state index is 10.9. The van der Waals surface area contributed by atoms with Crippen molar-refractivity contribution in [2.75, 3.05) is 6.61 Å². The predicted molar refractivity (Wildman–Crippen MR) is 67.4 cm³/mol. The summed E-state index contributed by atoms with van der Waals surface area (Å²) in [6, 6.07) is 8.12. The maximum Gasteiger partial charge on any atom is 0.259 e. The monoisotopic (exact) mass is 264 g/mol. The predicted octanol–water partition coefficient (Wildman–Crippen LogP) is 2.50. The molecule has 5 heteroatoms. The Morgan fingerprint density at radius 2 is 2.06 bits per heavy atom. The third-order valence-electron chi connectivity index (χ3n) is 2.48. The summed E-state index contributed by atoms with van der Waals surface area (Å²) in [7, 11) is 0. The first-order valence-corrected chi connectivity index (χ1v) is 5.51. The Morgan fingerprint density at radius 1 is 1.33 bits per heavy atom. The summed E-state index contributed by atoms with van der Waals surface area (Å²) in [6.45, 7) is -0.248. The largest absolute Gasteiger partial charge is 0.507 e. The summed E-state index contributed by atoms with van der Waals surface area (Å²) >= 11 is 5.17. The van der Waals surface area contributed by atoms with E-state index in [9.17, 15) is 14.7 Å². The molecular weight excluding hydrogens is 256 g/mol. The Hall–Kier alpha value is -2.07. The van der Waals surface area contributed by atoms with Crippen LogP contribution in [0.25, 0.3) is 10.8 Å². The first-order valence-electron chi connectivity index (χ1n) is 5.14. The molecule has 0 atom stereocenters. The van der Waals surface area contributed by atoms with Crippen molar-refractivity contribution in [3.8, 4) is 11.5 Å². The zero-order valence-electron chi connectivity index (χ0n) is 9.22. The summed E-state index contributed by atoms with van der Waals surface area (Å²) < 4.78 is 5.14. The van der Waals surface area contributed by atoms with E-state index in [2.05, 4.69) is 0 Å². The highest BCUT2D eigenvalue weighted by atomic mass is 35.5. The Kier molecular flexibility index (Phi) is 3.48. The van der Waals surface area contributed by atoms with Gasteiger partial charge >= 0.3 is 0 Å². The van der Waals surface area contributed by atoms with E-state index in [0.717, 1.165) is 5.39 Å². The van der Waals surface area contributed by atoms with Gasteiger partial charge in [-0.25, -0.2) is 0 Å². The molecule has 0 aromatic heterocycles. The first kappa shape index (κ1) is 12.4. The summed E-state index contributed by atoms with van der Waals surface area (Å²) in [5, 5.41) is 10.3. The van der Waals surface area contributed by atoms with Crippen molar-refractivity contribution in [2.45, 2.75) is 0 Å². The Bertz CT molecular complexity index is 622. The van der Waals surface area contributed by atoms with Gasteiger partial charge in [-0.15, -0.1) is 0 Å². The number of benzene rings is 2. The highest BCUT2D eigenvalue weighted by Crippen LogP contribution is 2.28. The van der Waals surface area contributed by atoms with E-state index in [1.165, 1.54) is 6.07 Å². The molecule has 0 unspecified atom stereocenters. The lowest BCUT2D eigenvalue weighted by Crippen LogP contribution is -2.04. The van der Waals surface area contributed by atoms with E-state index in [1.807, 2.05) is 0 Å². The minimum absolute atomic E-state index is 0.0944. The molecule has 0 spiro atoms. The molecule has 2 rings (SSSR count). The van der Waals surface area contributed by atoms with Crippen LogP contribution in [0.5, 0.6) is 11.5 Å². The van der Waals surface area contributed by atoms with Gasteiger partial charge < -0.3 is 9.84 Å². The third-order valence-corrected chi connectivity index (χ3v) is 2.59. The zero-order chi connectivity index (χ0) is 13.1. The van der Waals surface area contributed by atoms with E-state index in [4.69, 9.17) is 16.3 Å². The molecule has 0 heterocycles. The summed E-state index contributed by atoms with van der Waals surface area (Å²) in [5.74, 6) is 0.313. The standard InChI is InChI=1S/C13H9ClO4/c14-13(17)7-18-9-3-1-8-2-4-12(16)11(6-15)10(8)5-9/h1-6,16H,7H2. The number of phenolic OH excluding ortho intramolecular Hbond substituents is 1. The van der Waals surface area contributed by atoms with Crippen LogP contribution in [-0.2, 0) is 4.79 Å². The molecular formula is C13H9ClO4. The summed E-state index contributed by atoms with van der Waals surface area (Å²) in [6.07, 6.45) is 0.578. The highest BCUT2D eigenvalue weighted by Gasteiger charge is 2.07.